The van der Waals surface area contributed by atoms with Gasteiger partial charge in [-0.25, -0.2) is 0 Å². The van der Waals surface area contributed by atoms with E-state index in [1.165, 1.54) is 12.8 Å². The fraction of sp³-hybridized carbons (Fsp3) is 1.00. The van der Waals surface area contributed by atoms with Crippen molar-refractivity contribution in [2.75, 3.05) is 27.4 Å². The minimum Gasteiger partial charge on any atom is -0.383 e. The van der Waals surface area contributed by atoms with Crippen LogP contribution in [-0.2, 0) is 9.47 Å². The lowest BCUT2D eigenvalue weighted by atomic mass is 10.1. The second kappa shape index (κ2) is 5.10. The third kappa shape index (κ3) is 3.95. The van der Waals surface area contributed by atoms with Gasteiger partial charge >= 0.3 is 0 Å². The van der Waals surface area contributed by atoms with E-state index in [-0.39, 0.29) is 5.60 Å². The molecule has 1 saturated carbocycles. The summed E-state index contributed by atoms with van der Waals surface area (Å²) in [7, 11) is 3.52. The Morgan fingerprint density at radius 1 is 1.36 bits per heavy atom. The molecule has 1 aliphatic rings. The van der Waals surface area contributed by atoms with E-state index < -0.39 is 0 Å². The summed E-state index contributed by atoms with van der Waals surface area (Å²) in [6.07, 6.45) is 2.68. The molecule has 0 heterocycles. The second-order valence-electron chi connectivity index (χ2n) is 4.74. The zero-order chi connectivity index (χ0) is 10.6. The minimum atomic E-state index is -0.0825. The molecule has 1 aliphatic carbocycles. The van der Waals surface area contributed by atoms with Crippen LogP contribution in [0.3, 0.4) is 0 Å². The number of rotatable bonds is 7. The zero-order valence-corrected chi connectivity index (χ0v) is 9.80. The first-order chi connectivity index (χ1) is 6.59. The van der Waals surface area contributed by atoms with Gasteiger partial charge in [-0.2, -0.15) is 0 Å². The van der Waals surface area contributed by atoms with Crippen LogP contribution in [0.1, 0.15) is 26.7 Å². The zero-order valence-electron chi connectivity index (χ0n) is 9.80. The smallest absolute Gasteiger partial charge is 0.0746 e. The molecule has 1 atom stereocenters. The summed E-state index contributed by atoms with van der Waals surface area (Å²) in [5.41, 5.74) is -0.0825. The molecule has 0 amide bonds. The van der Waals surface area contributed by atoms with Gasteiger partial charge in [0.1, 0.15) is 0 Å². The van der Waals surface area contributed by atoms with Crippen LogP contribution in [0.25, 0.3) is 0 Å². The van der Waals surface area contributed by atoms with E-state index in [2.05, 4.69) is 19.2 Å². The molecule has 0 aliphatic heterocycles. The highest BCUT2D eigenvalue weighted by Crippen LogP contribution is 2.32. The van der Waals surface area contributed by atoms with Crippen molar-refractivity contribution in [3.8, 4) is 0 Å². The van der Waals surface area contributed by atoms with Crippen molar-refractivity contribution in [2.24, 2.45) is 5.92 Å². The van der Waals surface area contributed by atoms with Gasteiger partial charge in [0, 0.05) is 26.8 Å². The molecule has 3 nitrogen and oxygen atoms in total. The Labute approximate surface area is 87.2 Å². The van der Waals surface area contributed by atoms with Gasteiger partial charge in [0.05, 0.1) is 12.2 Å². The van der Waals surface area contributed by atoms with Gasteiger partial charge < -0.3 is 14.8 Å². The molecular weight excluding hydrogens is 178 g/mol. The van der Waals surface area contributed by atoms with Crippen LogP contribution in [0.2, 0.25) is 0 Å². The standard InChI is InChI=1S/C11H23NO2/c1-11(2,14-4)8-12-10(7-13-3)9-5-6-9/h9-10,12H,5-8H2,1-4H3. The highest BCUT2D eigenvalue weighted by Gasteiger charge is 2.32. The van der Waals surface area contributed by atoms with Crippen molar-refractivity contribution in [1.82, 2.24) is 5.32 Å². The van der Waals surface area contributed by atoms with Crippen molar-refractivity contribution in [3.63, 3.8) is 0 Å². The first-order valence-electron chi connectivity index (χ1n) is 5.36. The van der Waals surface area contributed by atoms with E-state index in [0.29, 0.717) is 6.04 Å². The number of hydrogen-bond donors (Lipinski definition) is 1. The van der Waals surface area contributed by atoms with Crippen molar-refractivity contribution in [1.29, 1.82) is 0 Å². The molecule has 0 bridgehead atoms. The van der Waals surface area contributed by atoms with Gasteiger partial charge in [-0.15, -0.1) is 0 Å². The Bertz CT molecular complexity index is 167. The van der Waals surface area contributed by atoms with Crippen molar-refractivity contribution < 1.29 is 9.47 Å². The molecule has 0 aromatic rings. The lowest BCUT2D eigenvalue weighted by molar-refractivity contribution is 0.0174. The Balaban J connectivity index is 2.25. The van der Waals surface area contributed by atoms with Gasteiger partial charge in [-0.3, -0.25) is 0 Å². The number of ether oxygens (including phenoxy) is 2. The molecule has 1 fully saturated rings. The van der Waals surface area contributed by atoms with Crippen molar-refractivity contribution >= 4 is 0 Å². The van der Waals surface area contributed by atoms with Crippen LogP contribution in [0.15, 0.2) is 0 Å². The number of methoxy groups -OCH3 is 2. The van der Waals surface area contributed by atoms with Crippen LogP contribution >= 0.6 is 0 Å². The van der Waals surface area contributed by atoms with Gasteiger partial charge in [-0.05, 0) is 32.6 Å². The number of nitrogens with one attached hydrogen (secondary N) is 1. The van der Waals surface area contributed by atoms with E-state index in [0.717, 1.165) is 19.1 Å². The molecule has 84 valence electrons. The monoisotopic (exact) mass is 201 g/mol. The van der Waals surface area contributed by atoms with Crippen LogP contribution in [0.4, 0.5) is 0 Å². The maximum absolute atomic E-state index is 5.36. The topological polar surface area (TPSA) is 30.5 Å². The lowest BCUT2D eigenvalue weighted by Gasteiger charge is -2.27. The molecular formula is C11H23NO2. The largest absolute Gasteiger partial charge is 0.383 e. The maximum Gasteiger partial charge on any atom is 0.0746 e. The quantitative estimate of drug-likeness (QED) is 0.676. The highest BCUT2D eigenvalue weighted by molar-refractivity contribution is 4.88. The number of hydrogen-bond acceptors (Lipinski definition) is 3. The van der Waals surface area contributed by atoms with E-state index in [1.54, 1.807) is 14.2 Å². The maximum atomic E-state index is 5.36. The molecule has 1 N–H and O–H groups in total. The third-order valence-electron chi connectivity index (χ3n) is 2.88. The summed E-state index contributed by atoms with van der Waals surface area (Å²) in [5.74, 6) is 0.822. The Kier molecular flexibility index (Phi) is 4.35. The molecule has 0 saturated heterocycles. The molecule has 0 spiro atoms. The molecule has 1 rings (SSSR count). The first kappa shape index (κ1) is 12.0. The van der Waals surface area contributed by atoms with Gasteiger partial charge in [0.2, 0.25) is 0 Å². The van der Waals surface area contributed by atoms with Gasteiger partial charge in [0.15, 0.2) is 0 Å². The normalized spacial score (nSPS) is 19.7. The van der Waals surface area contributed by atoms with Crippen LogP contribution < -0.4 is 5.32 Å². The van der Waals surface area contributed by atoms with Crippen LogP contribution in [0.5, 0.6) is 0 Å². The van der Waals surface area contributed by atoms with E-state index in [4.69, 9.17) is 9.47 Å². The minimum absolute atomic E-state index is 0.0825. The summed E-state index contributed by atoms with van der Waals surface area (Å²) in [6.45, 7) is 5.88. The molecule has 0 aromatic carbocycles. The predicted octanol–water partition coefficient (Wildman–Crippen LogP) is 1.43. The second-order valence-corrected chi connectivity index (χ2v) is 4.74. The Morgan fingerprint density at radius 2 is 2.00 bits per heavy atom. The molecule has 0 aromatic heterocycles. The average Bonchev–Trinajstić information content (AvgIpc) is 2.95. The fourth-order valence-corrected chi connectivity index (χ4v) is 1.49. The van der Waals surface area contributed by atoms with E-state index in [1.807, 2.05) is 0 Å². The van der Waals surface area contributed by atoms with Crippen molar-refractivity contribution in [3.05, 3.63) is 0 Å². The lowest BCUT2D eigenvalue weighted by Crippen LogP contribution is -2.44. The van der Waals surface area contributed by atoms with Crippen LogP contribution in [0, 0.1) is 5.92 Å². The Morgan fingerprint density at radius 3 is 2.43 bits per heavy atom. The van der Waals surface area contributed by atoms with E-state index >= 15 is 0 Å². The fourth-order valence-electron chi connectivity index (χ4n) is 1.49. The van der Waals surface area contributed by atoms with Crippen molar-refractivity contribution in [2.45, 2.75) is 38.3 Å². The Hall–Kier alpha value is -0.120. The van der Waals surface area contributed by atoms with Gasteiger partial charge in [-0.1, -0.05) is 0 Å². The first-order valence-corrected chi connectivity index (χ1v) is 5.36. The molecule has 14 heavy (non-hydrogen) atoms. The molecule has 3 heteroatoms. The van der Waals surface area contributed by atoms with Gasteiger partial charge in [0.25, 0.3) is 0 Å². The van der Waals surface area contributed by atoms with Crippen LogP contribution in [-0.4, -0.2) is 39.0 Å². The third-order valence-corrected chi connectivity index (χ3v) is 2.88. The molecule has 0 radical (unpaired) electrons. The average molecular weight is 201 g/mol. The summed E-state index contributed by atoms with van der Waals surface area (Å²) >= 11 is 0. The van der Waals surface area contributed by atoms with E-state index in [9.17, 15) is 0 Å². The summed E-state index contributed by atoms with van der Waals surface area (Å²) in [5, 5.41) is 3.52. The SMILES string of the molecule is COCC(NCC(C)(C)OC)C1CC1. The summed E-state index contributed by atoms with van der Waals surface area (Å²) in [4.78, 5) is 0. The summed E-state index contributed by atoms with van der Waals surface area (Å²) in [6, 6.07) is 0.509. The summed E-state index contributed by atoms with van der Waals surface area (Å²) < 4.78 is 10.6. The molecule has 1 unspecified atom stereocenters. The predicted molar refractivity (Wildman–Crippen MR) is 57.5 cm³/mol. The highest BCUT2D eigenvalue weighted by atomic mass is 16.5.